The van der Waals surface area contributed by atoms with Crippen LogP contribution in [0.3, 0.4) is 0 Å². The summed E-state index contributed by atoms with van der Waals surface area (Å²) in [6.45, 7) is 4.40. The van der Waals surface area contributed by atoms with Crippen LogP contribution in [0, 0.1) is 0 Å². The molecule has 2 saturated heterocycles. The number of rotatable bonds is 3. The van der Waals surface area contributed by atoms with E-state index in [-0.39, 0.29) is 11.4 Å². The Morgan fingerprint density at radius 1 is 1.30 bits per heavy atom. The molecule has 0 radical (unpaired) electrons. The molecular formula is C14H22N4O2. The number of likely N-dealkylation sites (N-methyl/N-ethyl adjacent to an activating group) is 1. The zero-order chi connectivity index (χ0) is 14.2. The van der Waals surface area contributed by atoms with E-state index >= 15 is 0 Å². The molecule has 20 heavy (non-hydrogen) atoms. The second-order valence-corrected chi connectivity index (χ2v) is 5.84. The van der Waals surface area contributed by atoms with Crippen LogP contribution in [0.2, 0.25) is 0 Å². The lowest BCUT2D eigenvalue weighted by Gasteiger charge is -2.43. The summed E-state index contributed by atoms with van der Waals surface area (Å²) in [7, 11) is 1.90. The molecule has 0 N–H and O–H groups in total. The minimum Gasteiger partial charge on any atom is -0.344 e. The lowest BCUT2D eigenvalue weighted by Crippen LogP contribution is -2.58. The monoisotopic (exact) mass is 278 g/mol. The van der Waals surface area contributed by atoms with E-state index in [1.165, 1.54) is 0 Å². The van der Waals surface area contributed by atoms with Crippen molar-refractivity contribution in [3.8, 4) is 0 Å². The van der Waals surface area contributed by atoms with Crippen molar-refractivity contribution in [3.63, 3.8) is 0 Å². The van der Waals surface area contributed by atoms with Crippen LogP contribution >= 0.6 is 0 Å². The summed E-state index contributed by atoms with van der Waals surface area (Å²) in [5, 5.41) is 3.94. The fourth-order valence-corrected chi connectivity index (χ4v) is 3.52. The normalized spacial score (nSPS) is 27.7. The Labute approximate surface area is 119 Å². The molecule has 0 saturated carbocycles. The first kappa shape index (κ1) is 13.5. The Morgan fingerprint density at radius 2 is 2.05 bits per heavy atom. The number of piperidine rings is 1. The number of aromatic nitrogens is 2. The zero-order valence-electron chi connectivity index (χ0n) is 12.3. The summed E-state index contributed by atoms with van der Waals surface area (Å²) in [5.41, 5.74) is -0.326. The lowest BCUT2D eigenvalue weighted by atomic mass is 9.85. The highest BCUT2D eigenvalue weighted by molar-refractivity contribution is 5.87. The maximum Gasteiger partial charge on any atom is 0.242 e. The molecular weight excluding hydrogens is 256 g/mol. The molecule has 1 aromatic heterocycles. The van der Waals surface area contributed by atoms with Gasteiger partial charge in [-0.2, -0.15) is 4.98 Å². The topological polar surface area (TPSA) is 62.5 Å². The Morgan fingerprint density at radius 3 is 2.75 bits per heavy atom. The van der Waals surface area contributed by atoms with Crippen molar-refractivity contribution in [3.05, 3.63) is 11.7 Å². The van der Waals surface area contributed by atoms with Gasteiger partial charge in [0, 0.05) is 20.0 Å². The minimum atomic E-state index is -0.326. The van der Waals surface area contributed by atoms with Crippen molar-refractivity contribution in [2.45, 2.75) is 51.1 Å². The van der Waals surface area contributed by atoms with Gasteiger partial charge in [0.05, 0.1) is 6.54 Å². The van der Waals surface area contributed by atoms with E-state index in [0.29, 0.717) is 12.4 Å². The number of carbonyl (C=O) groups excluding carboxylic acids is 1. The Kier molecular flexibility index (Phi) is 3.50. The van der Waals surface area contributed by atoms with E-state index in [4.69, 9.17) is 4.52 Å². The molecule has 3 rings (SSSR count). The fraction of sp³-hybridized carbons (Fsp3) is 0.786. The maximum absolute atomic E-state index is 12.6. The highest BCUT2D eigenvalue weighted by atomic mass is 16.5. The molecule has 1 atom stereocenters. The molecule has 0 aromatic carbocycles. The summed E-state index contributed by atoms with van der Waals surface area (Å²) >= 11 is 0. The number of hydrogen-bond donors (Lipinski definition) is 0. The van der Waals surface area contributed by atoms with Crippen LogP contribution in [0.1, 0.15) is 44.3 Å². The highest BCUT2D eigenvalue weighted by Gasteiger charge is 2.50. The summed E-state index contributed by atoms with van der Waals surface area (Å²) in [4.78, 5) is 21.1. The highest BCUT2D eigenvalue weighted by Crippen LogP contribution is 2.38. The van der Waals surface area contributed by atoms with E-state index in [9.17, 15) is 4.79 Å². The van der Waals surface area contributed by atoms with E-state index in [2.05, 4.69) is 15.0 Å². The molecule has 2 aliphatic heterocycles. The first-order valence-corrected chi connectivity index (χ1v) is 7.48. The lowest BCUT2D eigenvalue weighted by molar-refractivity contribution is -0.146. The number of aryl methyl sites for hydroxylation is 1. The molecule has 1 unspecified atom stereocenters. The van der Waals surface area contributed by atoms with E-state index in [0.717, 1.165) is 51.0 Å². The molecule has 6 nitrogen and oxygen atoms in total. The van der Waals surface area contributed by atoms with Gasteiger partial charge >= 0.3 is 0 Å². The van der Waals surface area contributed by atoms with E-state index in [1.807, 2.05) is 18.9 Å². The number of hydrogen-bond acceptors (Lipinski definition) is 5. The zero-order valence-corrected chi connectivity index (χ0v) is 12.3. The van der Waals surface area contributed by atoms with E-state index < -0.39 is 0 Å². The van der Waals surface area contributed by atoms with Crippen LogP contribution in [-0.4, -0.2) is 51.5 Å². The van der Waals surface area contributed by atoms with Gasteiger partial charge < -0.3 is 9.42 Å². The third-order valence-electron chi connectivity index (χ3n) is 4.60. The van der Waals surface area contributed by atoms with Crippen molar-refractivity contribution in [2.24, 2.45) is 0 Å². The maximum atomic E-state index is 12.6. The summed E-state index contributed by atoms with van der Waals surface area (Å²) in [6, 6.07) is 0. The molecule has 110 valence electrons. The molecule has 1 spiro atoms. The van der Waals surface area contributed by atoms with Crippen LogP contribution in [-0.2, 0) is 17.8 Å². The van der Waals surface area contributed by atoms with Crippen molar-refractivity contribution < 1.29 is 9.32 Å². The van der Waals surface area contributed by atoms with Gasteiger partial charge in [-0.1, -0.05) is 12.1 Å². The first-order chi connectivity index (χ1) is 9.65. The van der Waals surface area contributed by atoms with Gasteiger partial charge in [0.2, 0.25) is 11.8 Å². The quantitative estimate of drug-likeness (QED) is 0.832. The van der Waals surface area contributed by atoms with Gasteiger partial charge in [0.15, 0.2) is 5.82 Å². The van der Waals surface area contributed by atoms with Crippen LogP contribution in [0.25, 0.3) is 0 Å². The molecule has 2 fully saturated rings. The number of nitrogens with zero attached hydrogens (tertiary/aromatic N) is 4. The largest absolute Gasteiger partial charge is 0.344 e. The molecule has 3 heterocycles. The Bertz CT molecular complexity index is 501. The summed E-state index contributed by atoms with van der Waals surface area (Å²) in [6.07, 6.45) is 4.81. The second-order valence-electron chi connectivity index (χ2n) is 5.84. The Hall–Kier alpha value is -1.43. The summed E-state index contributed by atoms with van der Waals surface area (Å²) in [5.74, 6) is 1.63. The standard InChI is InChI=1S/C14H22N4O2/c1-3-11-15-12(20-16-11)10-18-9-5-7-14(18)6-4-8-17(2)13(14)19/h3-10H2,1-2H3. The van der Waals surface area contributed by atoms with Gasteiger partial charge in [0.25, 0.3) is 0 Å². The third kappa shape index (κ3) is 2.12. The van der Waals surface area contributed by atoms with Crippen LogP contribution in [0.5, 0.6) is 0 Å². The predicted octanol–water partition coefficient (Wildman–Crippen LogP) is 1.22. The molecule has 1 aromatic rings. The van der Waals surface area contributed by atoms with Gasteiger partial charge in [0.1, 0.15) is 5.54 Å². The molecule has 2 aliphatic rings. The van der Waals surface area contributed by atoms with Crippen LogP contribution in [0.15, 0.2) is 4.52 Å². The average molecular weight is 278 g/mol. The minimum absolute atomic E-state index is 0.261. The fourth-order valence-electron chi connectivity index (χ4n) is 3.52. The van der Waals surface area contributed by atoms with E-state index in [1.54, 1.807) is 0 Å². The van der Waals surface area contributed by atoms with Gasteiger partial charge in [-0.15, -0.1) is 0 Å². The predicted molar refractivity (Wildman–Crippen MR) is 72.9 cm³/mol. The molecule has 0 aliphatic carbocycles. The molecule has 6 heteroatoms. The van der Waals surface area contributed by atoms with Crippen molar-refractivity contribution in [1.29, 1.82) is 0 Å². The van der Waals surface area contributed by atoms with Crippen molar-refractivity contribution in [2.75, 3.05) is 20.1 Å². The SMILES string of the molecule is CCc1noc(CN2CCCC23CCCN(C)C3=O)n1. The molecule has 1 amide bonds. The van der Waals surface area contributed by atoms with Crippen LogP contribution < -0.4 is 0 Å². The summed E-state index contributed by atoms with van der Waals surface area (Å²) < 4.78 is 5.29. The molecule has 0 bridgehead atoms. The van der Waals surface area contributed by atoms with Gasteiger partial charge in [-0.05, 0) is 32.2 Å². The number of amides is 1. The second kappa shape index (κ2) is 5.16. The Balaban J connectivity index is 1.79. The van der Waals surface area contributed by atoms with Gasteiger partial charge in [-0.3, -0.25) is 9.69 Å². The number of carbonyl (C=O) groups is 1. The average Bonchev–Trinajstić information content (AvgIpc) is 3.05. The van der Waals surface area contributed by atoms with Crippen molar-refractivity contribution in [1.82, 2.24) is 19.9 Å². The van der Waals surface area contributed by atoms with Crippen LogP contribution in [0.4, 0.5) is 0 Å². The van der Waals surface area contributed by atoms with Gasteiger partial charge in [-0.25, -0.2) is 0 Å². The number of likely N-dealkylation sites (tertiary alicyclic amines) is 2. The third-order valence-corrected chi connectivity index (χ3v) is 4.60. The first-order valence-electron chi connectivity index (χ1n) is 7.48. The van der Waals surface area contributed by atoms with Crippen molar-refractivity contribution >= 4 is 5.91 Å². The smallest absolute Gasteiger partial charge is 0.242 e.